The van der Waals surface area contributed by atoms with Crippen LogP contribution >= 0.6 is 35.0 Å². The van der Waals surface area contributed by atoms with Crippen molar-refractivity contribution in [2.24, 2.45) is 0 Å². The first-order chi connectivity index (χ1) is 13.4. The topological polar surface area (TPSA) is 58.0 Å². The Balaban J connectivity index is 2.01. The van der Waals surface area contributed by atoms with Crippen LogP contribution in [0.1, 0.15) is 22.6 Å². The molecule has 0 aliphatic carbocycles. The summed E-state index contributed by atoms with van der Waals surface area (Å²) in [5, 5.41) is 2.39. The maximum Gasteiger partial charge on any atom is 0.227 e. The number of benzene rings is 1. The van der Waals surface area contributed by atoms with Crippen LogP contribution in [-0.2, 0) is 0 Å². The van der Waals surface area contributed by atoms with Crippen molar-refractivity contribution in [3.8, 4) is 0 Å². The Hall–Kier alpha value is -2.09. The monoisotopic (exact) mass is 432 g/mol. The van der Waals surface area contributed by atoms with Gasteiger partial charge in [-0.3, -0.25) is 0 Å². The zero-order chi connectivity index (χ0) is 20.0. The van der Waals surface area contributed by atoms with Crippen molar-refractivity contribution in [3.05, 3.63) is 57.3 Å². The maximum absolute atomic E-state index is 6.65. The predicted molar refractivity (Wildman–Crippen MR) is 114 cm³/mol. The molecular weight excluding hydrogens is 415 g/mol. The van der Waals surface area contributed by atoms with Gasteiger partial charge in [0.15, 0.2) is 0 Å². The van der Waals surface area contributed by atoms with Crippen LogP contribution in [0, 0.1) is 0 Å². The summed E-state index contributed by atoms with van der Waals surface area (Å²) in [6.45, 7) is 0. The highest BCUT2D eigenvalue weighted by Crippen LogP contribution is 2.51. The molecule has 1 aromatic carbocycles. The number of halogens is 2. The van der Waals surface area contributed by atoms with Gasteiger partial charge in [-0.2, -0.15) is 0 Å². The second kappa shape index (κ2) is 7.39. The molecule has 28 heavy (non-hydrogen) atoms. The molecule has 0 radical (unpaired) electrons. The number of aromatic nitrogens is 4. The van der Waals surface area contributed by atoms with E-state index in [1.54, 1.807) is 0 Å². The highest BCUT2D eigenvalue weighted by atomic mass is 35.5. The van der Waals surface area contributed by atoms with Crippen molar-refractivity contribution in [1.29, 1.82) is 0 Å². The van der Waals surface area contributed by atoms with Crippen LogP contribution in [0.3, 0.4) is 0 Å². The summed E-state index contributed by atoms with van der Waals surface area (Å²) in [5.74, 6) is 0.874. The zero-order valence-corrected chi connectivity index (χ0v) is 18.1. The van der Waals surface area contributed by atoms with Crippen molar-refractivity contribution in [2.75, 3.05) is 38.0 Å². The van der Waals surface area contributed by atoms with Gasteiger partial charge in [-0.1, -0.05) is 53.5 Å². The molecule has 0 N–H and O–H groups in total. The van der Waals surface area contributed by atoms with E-state index in [2.05, 4.69) is 9.97 Å². The fourth-order valence-electron chi connectivity index (χ4n) is 3.08. The van der Waals surface area contributed by atoms with Crippen molar-refractivity contribution < 1.29 is 0 Å². The van der Waals surface area contributed by atoms with Crippen LogP contribution in [0.4, 0.5) is 11.9 Å². The predicted octanol–water partition coefficient (Wildman–Crippen LogP) is 4.35. The van der Waals surface area contributed by atoms with E-state index in [4.69, 9.17) is 33.2 Å². The third-order valence-corrected chi connectivity index (χ3v) is 5.99. The van der Waals surface area contributed by atoms with Gasteiger partial charge in [0.05, 0.1) is 0 Å². The average molecular weight is 433 g/mol. The molecule has 0 saturated heterocycles. The van der Waals surface area contributed by atoms with Gasteiger partial charge in [-0.25, -0.2) is 19.9 Å². The van der Waals surface area contributed by atoms with Gasteiger partial charge in [0.25, 0.3) is 0 Å². The summed E-state index contributed by atoms with van der Waals surface area (Å²) >= 11 is 14.8. The Morgan fingerprint density at radius 1 is 0.750 bits per heavy atom. The van der Waals surface area contributed by atoms with Crippen LogP contribution < -0.4 is 9.80 Å². The molecule has 9 heteroatoms. The van der Waals surface area contributed by atoms with Crippen LogP contribution in [-0.4, -0.2) is 48.1 Å². The number of hydrogen-bond donors (Lipinski definition) is 0. The maximum atomic E-state index is 6.65. The van der Waals surface area contributed by atoms with E-state index in [1.165, 1.54) is 11.8 Å². The van der Waals surface area contributed by atoms with Gasteiger partial charge < -0.3 is 9.80 Å². The second-order valence-electron chi connectivity index (χ2n) is 6.80. The lowest BCUT2D eigenvalue weighted by molar-refractivity contribution is 0.795. The molecule has 0 unspecified atom stereocenters. The first kappa shape index (κ1) is 19.2. The molecular formula is C19H18Cl2N6S. The molecule has 4 rings (SSSR count). The lowest BCUT2D eigenvalue weighted by atomic mass is 9.87. The lowest BCUT2D eigenvalue weighted by Gasteiger charge is -2.29. The standard InChI is InChI=1S/C19H18Cl2N6S/c1-26(2)18-22-14(20)12-11(10-8-6-5-7-9-10)13-15(21)23-19(27(3)4)25-17(13)28-16(12)24-18/h5-9,11H,1-4H3. The third-order valence-electron chi connectivity index (χ3n) is 4.41. The molecule has 0 bridgehead atoms. The minimum atomic E-state index is -0.236. The van der Waals surface area contributed by atoms with Crippen molar-refractivity contribution >= 4 is 46.9 Å². The Bertz CT molecular complexity index is 979. The number of hydrogen-bond acceptors (Lipinski definition) is 7. The summed E-state index contributed by atoms with van der Waals surface area (Å²) in [4.78, 5) is 22.1. The van der Waals surface area contributed by atoms with E-state index in [9.17, 15) is 0 Å². The quantitative estimate of drug-likeness (QED) is 0.445. The van der Waals surface area contributed by atoms with Crippen molar-refractivity contribution in [1.82, 2.24) is 19.9 Å². The van der Waals surface area contributed by atoms with Crippen molar-refractivity contribution in [2.45, 2.75) is 16.0 Å². The Morgan fingerprint density at radius 2 is 1.21 bits per heavy atom. The molecule has 6 nitrogen and oxygen atoms in total. The summed E-state index contributed by atoms with van der Waals surface area (Å²) in [6, 6.07) is 10.0. The van der Waals surface area contributed by atoms with Gasteiger partial charge >= 0.3 is 0 Å². The van der Waals surface area contributed by atoms with E-state index in [0.717, 1.165) is 26.7 Å². The van der Waals surface area contributed by atoms with Gasteiger partial charge in [0.2, 0.25) is 11.9 Å². The molecule has 1 aliphatic rings. The molecule has 0 amide bonds. The molecule has 0 atom stereocenters. The van der Waals surface area contributed by atoms with E-state index in [1.807, 2.05) is 68.3 Å². The van der Waals surface area contributed by atoms with Crippen LogP contribution in [0.5, 0.6) is 0 Å². The minimum Gasteiger partial charge on any atom is -0.347 e. The fourth-order valence-corrected chi connectivity index (χ4v) is 4.83. The van der Waals surface area contributed by atoms with E-state index >= 15 is 0 Å². The summed E-state index contributed by atoms with van der Waals surface area (Å²) in [6.07, 6.45) is 0. The molecule has 1 aliphatic heterocycles. The molecule has 0 spiro atoms. The first-order valence-electron chi connectivity index (χ1n) is 8.59. The summed E-state index contributed by atoms with van der Waals surface area (Å²) < 4.78 is 0. The molecule has 0 fully saturated rings. The van der Waals surface area contributed by atoms with Gasteiger partial charge in [0.1, 0.15) is 20.4 Å². The van der Waals surface area contributed by atoms with Crippen LogP contribution in [0.15, 0.2) is 40.4 Å². The normalized spacial score (nSPS) is 13.1. The fraction of sp³-hybridized carbons (Fsp3) is 0.263. The van der Waals surface area contributed by atoms with Gasteiger partial charge in [-0.15, -0.1) is 0 Å². The number of fused-ring (bicyclic) bond motifs is 2. The largest absolute Gasteiger partial charge is 0.347 e. The average Bonchev–Trinajstić information content (AvgIpc) is 2.66. The molecule has 3 heterocycles. The van der Waals surface area contributed by atoms with Crippen LogP contribution in [0.2, 0.25) is 10.3 Å². The van der Waals surface area contributed by atoms with E-state index in [-0.39, 0.29) is 5.92 Å². The molecule has 2 aromatic heterocycles. The van der Waals surface area contributed by atoms with Crippen molar-refractivity contribution in [3.63, 3.8) is 0 Å². The molecule has 0 saturated carbocycles. The highest BCUT2D eigenvalue weighted by Gasteiger charge is 2.36. The first-order valence-corrected chi connectivity index (χ1v) is 10.2. The van der Waals surface area contributed by atoms with Crippen LogP contribution in [0.25, 0.3) is 0 Å². The molecule has 144 valence electrons. The second-order valence-corrected chi connectivity index (χ2v) is 8.49. The highest BCUT2D eigenvalue weighted by molar-refractivity contribution is 7.99. The van der Waals surface area contributed by atoms with Gasteiger partial charge in [-0.05, 0) is 17.3 Å². The van der Waals surface area contributed by atoms with E-state index in [0.29, 0.717) is 22.2 Å². The smallest absolute Gasteiger partial charge is 0.227 e. The minimum absolute atomic E-state index is 0.236. The summed E-state index contributed by atoms with van der Waals surface area (Å²) in [7, 11) is 7.55. The Kier molecular flexibility index (Phi) is 5.07. The Morgan fingerprint density at radius 3 is 1.64 bits per heavy atom. The third kappa shape index (κ3) is 3.27. The van der Waals surface area contributed by atoms with E-state index < -0.39 is 0 Å². The number of rotatable bonds is 3. The zero-order valence-electron chi connectivity index (χ0n) is 15.8. The molecule has 3 aromatic rings. The number of anilines is 2. The Labute approximate surface area is 177 Å². The summed E-state index contributed by atoms with van der Waals surface area (Å²) in [5.41, 5.74) is 2.70. The van der Waals surface area contributed by atoms with Gasteiger partial charge in [0, 0.05) is 45.2 Å². The lowest BCUT2D eigenvalue weighted by Crippen LogP contribution is -2.20. The SMILES string of the molecule is CN(C)c1nc(Cl)c2c(n1)Sc1nc(N(C)C)nc(Cl)c1C2c1ccccc1. The number of nitrogens with zero attached hydrogens (tertiary/aromatic N) is 6.